The molecule has 0 radical (unpaired) electrons. The monoisotopic (exact) mass is 1100 g/mol. The van der Waals surface area contributed by atoms with Crippen LogP contribution in [-0.2, 0) is 42.7 Å². The van der Waals surface area contributed by atoms with Crippen LogP contribution in [0.3, 0.4) is 0 Å². The van der Waals surface area contributed by atoms with Crippen molar-refractivity contribution in [2.45, 2.75) is 90.9 Å². The quantitative estimate of drug-likeness (QED) is 0.101. The average molecular weight is 1100 g/mol. The van der Waals surface area contributed by atoms with Gasteiger partial charge in [-0.15, -0.1) is 35.2 Å². The van der Waals surface area contributed by atoms with Gasteiger partial charge in [0.25, 0.3) is 6.33 Å². The zero-order valence-corrected chi connectivity index (χ0v) is 44.1. The number of para-hydroxylation sites is 1. The van der Waals surface area contributed by atoms with Crippen LogP contribution < -0.4 is 9.30 Å². The Balaban J connectivity index is 0.00000608. The molecule has 0 spiro atoms. The van der Waals surface area contributed by atoms with E-state index >= 15 is 0 Å². The molecule has 0 saturated heterocycles. The van der Waals surface area contributed by atoms with Gasteiger partial charge in [-0.3, -0.25) is 4.57 Å². The zero-order valence-electron chi connectivity index (χ0n) is 41.8. The molecule has 0 atom stereocenters. The molecule has 0 aliphatic carbocycles. The van der Waals surface area contributed by atoms with Crippen molar-refractivity contribution in [1.29, 1.82) is 0 Å². The number of ether oxygens (including phenoxy) is 1. The number of hydrogen-bond donors (Lipinski definition) is 0. The van der Waals surface area contributed by atoms with E-state index in [9.17, 15) is 0 Å². The summed E-state index contributed by atoms with van der Waals surface area (Å²) in [5, 5.41) is 2.20. The molecule has 6 heteroatoms. The summed E-state index contributed by atoms with van der Waals surface area (Å²) >= 11 is 0. The van der Waals surface area contributed by atoms with Crippen LogP contribution in [0.2, 0.25) is 0 Å². The normalized spacial score (nSPS) is 12.3. The second-order valence-corrected chi connectivity index (χ2v) is 21.5. The van der Waals surface area contributed by atoms with Gasteiger partial charge < -0.3 is 13.9 Å². The number of nitrogens with zero attached hydrogens (tertiary/aromatic N) is 4. The maximum atomic E-state index is 6.92. The first kappa shape index (κ1) is 48.2. The number of pyridine rings is 1. The number of fused-ring (bicyclic) bond motifs is 3. The van der Waals surface area contributed by atoms with Gasteiger partial charge in [-0.25, -0.2) is 4.98 Å². The number of benzene rings is 7. The molecule has 0 aliphatic heterocycles. The van der Waals surface area contributed by atoms with Gasteiger partial charge >= 0.3 is 0 Å². The smallest absolute Gasteiger partial charge is 0.267 e. The molecule has 0 N–H and O–H groups in total. The van der Waals surface area contributed by atoms with Crippen molar-refractivity contribution in [2.24, 2.45) is 0 Å². The zero-order chi connectivity index (χ0) is 48.3. The van der Waals surface area contributed by atoms with Crippen molar-refractivity contribution < 1.29 is 30.4 Å². The first-order valence-corrected chi connectivity index (χ1v) is 24.0. The Morgan fingerprint density at radius 2 is 1.11 bits per heavy atom. The Hall–Kier alpha value is -6.81. The van der Waals surface area contributed by atoms with Crippen LogP contribution in [-0.4, -0.2) is 14.1 Å². The number of imidazole rings is 1. The van der Waals surface area contributed by atoms with E-state index in [-0.39, 0.29) is 42.7 Å². The van der Waals surface area contributed by atoms with Crippen LogP contribution in [0, 0.1) is 18.5 Å². The molecule has 0 fully saturated rings. The van der Waals surface area contributed by atoms with Crippen molar-refractivity contribution in [2.75, 3.05) is 0 Å². The fourth-order valence-electron chi connectivity index (χ4n) is 9.52. The summed E-state index contributed by atoms with van der Waals surface area (Å²) in [4.78, 5) is 4.98. The standard InChI is InChI=1S/C64H60N4O.Pt/c1-61(2,3)49-36-50(64(9,10)47-26-18-13-19-27-47)38-51(37-49)66-42-59(62(4,5)6)67(43-66)52-34-45(44-22-14-11-15-23-44)35-54(40-52)69-53-30-31-56-55-28-20-21-29-57(55)68(58(56)41-53)60-39-48(32-33-65-60)63(7,8)46-24-16-12-17-25-46;/h11-39,42H,1-10H3;/q-2;. The molecule has 3 aromatic heterocycles. The number of aromatic nitrogens is 4. The molecule has 70 heavy (non-hydrogen) atoms. The Bertz CT molecular complexity index is 3480. The van der Waals surface area contributed by atoms with Crippen LogP contribution in [0.15, 0.2) is 182 Å². The molecule has 354 valence electrons. The van der Waals surface area contributed by atoms with Crippen LogP contribution in [0.5, 0.6) is 11.5 Å². The van der Waals surface area contributed by atoms with E-state index in [4.69, 9.17) is 9.72 Å². The van der Waals surface area contributed by atoms with E-state index in [0.29, 0.717) is 11.5 Å². The summed E-state index contributed by atoms with van der Waals surface area (Å²) < 4.78 is 13.4. The molecule has 3 heterocycles. The summed E-state index contributed by atoms with van der Waals surface area (Å²) in [5.41, 5.74) is 12.4. The Morgan fingerprint density at radius 1 is 0.500 bits per heavy atom. The second kappa shape index (κ2) is 18.5. The first-order chi connectivity index (χ1) is 32.9. The van der Waals surface area contributed by atoms with Crippen LogP contribution in [0.25, 0.3) is 50.1 Å². The van der Waals surface area contributed by atoms with Gasteiger partial charge in [0.1, 0.15) is 5.82 Å². The van der Waals surface area contributed by atoms with E-state index in [1.165, 1.54) is 27.8 Å². The Morgan fingerprint density at radius 3 is 1.77 bits per heavy atom. The number of rotatable bonds is 10. The van der Waals surface area contributed by atoms with E-state index in [1.807, 2.05) is 18.3 Å². The van der Waals surface area contributed by atoms with Gasteiger partial charge in [0.2, 0.25) is 0 Å². The molecule has 7 aromatic carbocycles. The molecule has 0 aliphatic rings. The van der Waals surface area contributed by atoms with Gasteiger partial charge in [0.15, 0.2) is 0 Å². The molecule has 0 bridgehead atoms. The van der Waals surface area contributed by atoms with Crippen molar-refractivity contribution in [3.8, 4) is 39.8 Å². The first-order valence-electron chi connectivity index (χ1n) is 24.0. The molecule has 10 rings (SSSR count). The fourth-order valence-corrected chi connectivity index (χ4v) is 9.52. The molecule has 0 saturated carbocycles. The third-order valence-electron chi connectivity index (χ3n) is 13.9. The molecule has 0 amide bonds. The maximum Gasteiger partial charge on any atom is 0.267 e. The third kappa shape index (κ3) is 9.20. The van der Waals surface area contributed by atoms with Crippen molar-refractivity contribution in [1.82, 2.24) is 14.1 Å². The predicted octanol–water partition coefficient (Wildman–Crippen LogP) is 15.4. The third-order valence-corrected chi connectivity index (χ3v) is 13.9. The molecular weight excluding hydrogens is 1040 g/mol. The summed E-state index contributed by atoms with van der Waals surface area (Å²) in [5.74, 6) is 1.98. The summed E-state index contributed by atoms with van der Waals surface area (Å²) in [6, 6.07) is 67.6. The largest absolute Gasteiger partial charge is 0.510 e. The minimum absolute atomic E-state index is 0. The Labute approximate surface area is 428 Å². The minimum atomic E-state index is -0.249. The van der Waals surface area contributed by atoms with Crippen LogP contribution in [0.1, 0.15) is 103 Å². The van der Waals surface area contributed by atoms with Crippen molar-refractivity contribution in [3.63, 3.8) is 0 Å². The minimum Gasteiger partial charge on any atom is -0.510 e. The molecule has 10 aromatic rings. The van der Waals surface area contributed by atoms with Crippen molar-refractivity contribution in [3.05, 3.63) is 234 Å². The van der Waals surface area contributed by atoms with Gasteiger partial charge in [0.05, 0.1) is 11.4 Å². The van der Waals surface area contributed by atoms with E-state index in [0.717, 1.165) is 55.8 Å². The molecule has 0 unspecified atom stereocenters. The van der Waals surface area contributed by atoms with E-state index in [2.05, 4.69) is 265 Å². The fraction of sp³-hybridized carbons (Fsp3) is 0.219. The van der Waals surface area contributed by atoms with Gasteiger partial charge in [-0.2, -0.15) is 12.1 Å². The van der Waals surface area contributed by atoms with Gasteiger partial charge in [0, 0.05) is 61.3 Å². The van der Waals surface area contributed by atoms with Crippen LogP contribution in [0.4, 0.5) is 0 Å². The molecule has 5 nitrogen and oxygen atoms in total. The average Bonchev–Trinajstić information content (AvgIpc) is 3.96. The number of hydrogen-bond acceptors (Lipinski definition) is 2. The van der Waals surface area contributed by atoms with E-state index < -0.39 is 0 Å². The van der Waals surface area contributed by atoms with E-state index in [1.54, 1.807) is 0 Å². The molecular formula is C64H60N4OPt-2. The SMILES string of the molecule is CC(C)(C)c1cc(-[n+]2[c-]n(-c3[c-]c(Oc4[c-]c5c(cc4)c4ccccc4n5-c4cc(C(C)(C)c5ccccc5)ccn4)cc(-c4ccccc4)c3)c(C(C)(C)C)c2)cc(C(C)(C)c2ccccc2)c1.[Pt]. The topological polar surface area (TPSA) is 35.9 Å². The predicted molar refractivity (Wildman–Crippen MR) is 282 cm³/mol. The second-order valence-electron chi connectivity index (χ2n) is 21.5. The summed E-state index contributed by atoms with van der Waals surface area (Å²) in [6.07, 6.45) is 7.96. The van der Waals surface area contributed by atoms with Crippen LogP contribution >= 0.6 is 0 Å². The maximum absolute atomic E-state index is 6.92. The van der Waals surface area contributed by atoms with Gasteiger partial charge in [-0.05, 0) is 85.6 Å². The van der Waals surface area contributed by atoms with Crippen molar-refractivity contribution >= 4 is 21.8 Å². The van der Waals surface area contributed by atoms with Gasteiger partial charge in [-0.1, -0.05) is 190 Å². The Kier molecular flexibility index (Phi) is 12.7. The summed E-state index contributed by atoms with van der Waals surface area (Å²) in [7, 11) is 0. The summed E-state index contributed by atoms with van der Waals surface area (Å²) in [6.45, 7) is 22.8.